The SMILES string of the molecule is CC(C)COC1=CC(=C(C#N)C#N)C(OCC(C)C)CC1=C(C#N)C#N. The summed E-state index contributed by atoms with van der Waals surface area (Å²) >= 11 is 0. The van der Waals surface area contributed by atoms with Crippen LogP contribution in [0, 0.1) is 57.2 Å². The monoisotopic (exact) mass is 350 g/mol. The molecule has 0 heterocycles. The second-order valence-electron chi connectivity index (χ2n) is 6.76. The predicted octanol–water partition coefficient (Wildman–Crippen LogP) is 3.68. The first-order valence-corrected chi connectivity index (χ1v) is 8.42. The molecule has 0 spiro atoms. The molecule has 0 saturated heterocycles. The smallest absolute Gasteiger partial charge is 0.136 e. The van der Waals surface area contributed by atoms with Crippen molar-refractivity contribution in [3.05, 3.63) is 34.1 Å². The zero-order valence-corrected chi connectivity index (χ0v) is 15.5. The van der Waals surface area contributed by atoms with E-state index < -0.39 is 6.10 Å². The van der Waals surface area contributed by atoms with Crippen LogP contribution < -0.4 is 0 Å². The molecule has 0 saturated carbocycles. The molecule has 0 aromatic carbocycles. The highest BCUT2D eigenvalue weighted by Crippen LogP contribution is 2.34. The number of rotatable bonds is 6. The maximum Gasteiger partial charge on any atom is 0.136 e. The lowest BCUT2D eigenvalue weighted by molar-refractivity contribution is 0.0554. The van der Waals surface area contributed by atoms with Gasteiger partial charge >= 0.3 is 0 Å². The van der Waals surface area contributed by atoms with Crippen LogP contribution in [0.25, 0.3) is 0 Å². The van der Waals surface area contributed by atoms with E-state index >= 15 is 0 Å². The molecule has 26 heavy (non-hydrogen) atoms. The molecular weight excluding hydrogens is 328 g/mol. The molecule has 6 heteroatoms. The zero-order valence-electron chi connectivity index (χ0n) is 15.5. The van der Waals surface area contributed by atoms with Crippen molar-refractivity contribution in [2.75, 3.05) is 13.2 Å². The third kappa shape index (κ3) is 5.49. The molecule has 0 aromatic rings. The summed E-state index contributed by atoms with van der Waals surface area (Å²) in [6.45, 7) is 8.74. The van der Waals surface area contributed by atoms with Crippen LogP contribution >= 0.6 is 0 Å². The van der Waals surface area contributed by atoms with Gasteiger partial charge < -0.3 is 9.47 Å². The number of allylic oxidation sites excluding steroid dienone is 3. The molecule has 0 N–H and O–H groups in total. The van der Waals surface area contributed by atoms with Gasteiger partial charge in [0, 0.05) is 24.2 Å². The molecule has 1 aliphatic carbocycles. The Kier molecular flexibility index (Phi) is 8.11. The number of hydrogen-bond donors (Lipinski definition) is 0. The van der Waals surface area contributed by atoms with Gasteiger partial charge in [0.15, 0.2) is 0 Å². The van der Waals surface area contributed by atoms with Crippen LogP contribution in [-0.2, 0) is 9.47 Å². The van der Waals surface area contributed by atoms with Gasteiger partial charge in [-0.15, -0.1) is 0 Å². The summed E-state index contributed by atoms with van der Waals surface area (Å²) in [7, 11) is 0. The van der Waals surface area contributed by atoms with Crippen LogP contribution in [0.1, 0.15) is 34.1 Å². The van der Waals surface area contributed by atoms with E-state index in [4.69, 9.17) is 9.47 Å². The number of hydrogen-bond acceptors (Lipinski definition) is 6. The fourth-order valence-electron chi connectivity index (χ4n) is 2.33. The second-order valence-corrected chi connectivity index (χ2v) is 6.76. The van der Waals surface area contributed by atoms with Crippen molar-refractivity contribution in [2.45, 2.75) is 40.2 Å². The first kappa shape index (κ1) is 21.0. The Labute approximate surface area is 154 Å². The van der Waals surface area contributed by atoms with Gasteiger partial charge in [-0.05, 0) is 17.9 Å². The van der Waals surface area contributed by atoms with Crippen molar-refractivity contribution < 1.29 is 9.47 Å². The van der Waals surface area contributed by atoms with Crippen molar-refractivity contribution in [1.82, 2.24) is 0 Å². The summed E-state index contributed by atoms with van der Waals surface area (Å²) in [5, 5.41) is 37.1. The van der Waals surface area contributed by atoms with Crippen LogP contribution in [-0.4, -0.2) is 19.3 Å². The Hall–Kier alpha value is -3.06. The van der Waals surface area contributed by atoms with Crippen LogP contribution in [0.2, 0.25) is 0 Å². The zero-order chi connectivity index (χ0) is 19.7. The van der Waals surface area contributed by atoms with Crippen LogP contribution in [0.4, 0.5) is 0 Å². The quantitative estimate of drug-likeness (QED) is 0.675. The van der Waals surface area contributed by atoms with E-state index in [1.54, 1.807) is 6.08 Å². The van der Waals surface area contributed by atoms with Gasteiger partial charge in [-0.25, -0.2) is 0 Å². The highest BCUT2D eigenvalue weighted by atomic mass is 16.5. The van der Waals surface area contributed by atoms with E-state index in [2.05, 4.69) is 0 Å². The topological polar surface area (TPSA) is 114 Å². The first-order valence-electron chi connectivity index (χ1n) is 8.42. The second kappa shape index (κ2) is 10.0. The number of nitrogens with zero attached hydrogens (tertiary/aromatic N) is 4. The molecule has 1 unspecified atom stereocenters. The highest BCUT2D eigenvalue weighted by Gasteiger charge is 2.30. The molecule has 1 atom stereocenters. The van der Waals surface area contributed by atoms with Crippen molar-refractivity contribution >= 4 is 0 Å². The third-order valence-corrected chi connectivity index (χ3v) is 3.56. The van der Waals surface area contributed by atoms with Crippen molar-refractivity contribution in [3.63, 3.8) is 0 Å². The lowest BCUT2D eigenvalue weighted by Crippen LogP contribution is -2.25. The Morgan fingerprint density at radius 1 is 0.962 bits per heavy atom. The van der Waals surface area contributed by atoms with Crippen LogP contribution in [0.3, 0.4) is 0 Å². The molecule has 0 aliphatic heterocycles. The first-order chi connectivity index (χ1) is 12.4. The summed E-state index contributed by atoms with van der Waals surface area (Å²) < 4.78 is 11.6. The van der Waals surface area contributed by atoms with E-state index in [-0.39, 0.29) is 29.4 Å². The Morgan fingerprint density at radius 3 is 1.96 bits per heavy atom. The van der Waals surface area contributed by atoms with E-state index in [1.165, 1.54) is 0 Å². The average Bonchev–Trinajstić information content (AvgIpc) is 2.61. The number of ether oxygens (including phenoxy) is 2. The number of nitriles is 4. The molecule has 134 valence electrons. The minimum atomic E-state index is -0.579. The normalized spacial score (nSPS) is 16.2. The van der Waals surface area contributed by atoms with Crippen molar-refractivity contribution in [2.24, 2.45) is 11.8 Å². The molecule has 0 bridgehead atoms. The van der Waals surface area contributed by atoms with Gasteiger partial charge in [0.1, 0.15) is 41.2 Å². The minimum absolute atomic E-state index is 0.0485. The molecule has 0 aromatic heterocycles. The van der Waals surface area contributed by atoms with Gasteiger partial charge in [-0.1, -0.05) is 27.7 Å². The standard InChI is InChI=1S/C20H22N4O2/c1-13(2)11-25-19-5-18(16(9-23)10-24)20(26-12-14(3)4)6-17(19)15(7-21)8-22/h5,13-14,20H,6,11-12H2,1-4H3. The highest BCUT2D eigenvalue weighted by molar-refractivity contribution is 5.56. The third-order valence-electron chi connectivity index (χ3n) is 3.56. The van der Waals surface area contributed by atoms with Crippen molar-refractivity contribution in [1.29, 1.82) is 21.0 Å². The largest absolute Gasteiger partial charge is 0.493 e. The molecule has 0 radical (unpaired) electrons. The molecule has 0 amide bonds. The fourth-order valence-corrected chi connectivity index (χ4v) is 2.33. The maximum atomic E-state index is 9.27. The lowest BCUT2D eigenvalue weighted by Gasteiger charge is -2.28. The van der Waals surface area contributed by atoms with E-state index in [0.717, 1.165) is 0 Å². The molecule has 0 fully saturated rings. The van der Waals surface area contributed by atoms with Gasteiger partial charge in [0.2, 0.25) is 0 Å². The summed E-state index contributed by atoms with van der Waals surface area (Å²) in [5.41, 5.74) is 0.767. The average molecular weight is 350 g/mol. The summed E-state index contributed by atoms with van der Waals surface area (Å²) in [5.74, 6) is 0.836. The fraction of sp³-hybridized carbons (Fsp3) is 0.500. The van der Waals surface area contributed by atoms with Crippen molar-refractivity contribution in [3.8, 4) is 24.3 Å². The predicted molar refractivity (Wildman–Crippen MR) is 94.6 cm³/mol. The van der Waals surface area contributed by atoms with Crippen LogP contribution in [0.15, 0.2) is 34.1 Å². The van der Waals surface area contributed by atoms with Gasteiger partial charge in [0.25, 0.3) is 0 Å². The Balaban J connectivity index is 3.50. The Morgan fingerprint density at radius 2 is 1.50 bits per heavy atom. The Bertz CT molecular complexity index is 758. The molecular formula is C20H22N4O2. The minimum Gasteiger partial charge on any atom is -0.493 e. The van der Waals surface area contributed by atoms with Crippen LogP contribution in [0.5, 0.6) is 0 Å². The van der Waals surface area contributed by atoms with Gasteiger partial charge in [-0.2, -0.15) is 21.0 Å². The lowest BCUT2D eigenvalue weighted by atomic mass is 9.87. The summed E-state index contributed by atoms with van der Waals surface area (Å²) in [6.07, 6.45) is 1.18. The maximum absolute atomic E-state index is 9.27. The molecule has 6 nitrogen and oxygen atoms in total. The van der Waals surface area contributed by atoms with E-state index in [1.807, 2.05) is 52.0 Å². The summed E-state index contributed by atoms with van der Waals surface area (Å²) in [4.78, 5) is 0. The molecule has 1 aliphatic rings. The van der Waals surface area contributed by atoms with Gasteiger partial charge in [-0.3, -0.25) is 0 Å². The van der Waals surface area contributed by atoms with E-state index in [0.29, 0.717) is 30.1 Å². The summed E-state index contributed by atoms with van der Waals surface area (Å²) in [6, 6.07) is 7.56. The van der Waals surface area contributed by atoms with E-state index in [9.17, 15) is 21.0 Å². The van der Waals surface area contributed by atoms with Gasteiger partial charge in [0.05, 0.1) is 12.7 Å². The molecule has 1 rings (SSSR count).